The predicted octanol–water partition coefficient (Wildman–Crippen LogP) is 3.40. The van der Waals surface area contributed by atoms with Crippen LogP contribution in [0.15, 0.2) is 4.90 Å². The Morgan fingerprint density at radius 3 is 2.47 bits per heavy atom. The fourth-order valence-corrected chi connectivity index (χ4v) is 3.83. The highest BCUT2D eigenvalue weighted by molar-refractivity contribution is 7.99. The molecule has 0 spiro atoms. The quantitative estimate of drug-likeness (QED) is 0.675. The van der Waals surface area contributed by atoms with Gasteiger partial charge in [-0.25, -0.2) is 0 Å². The molecule has 0 bridgehead atoms. The summed E-state index contributed by atoms with van der Waals surface area (Å²) in [7, 11) is 0. The topological polar surface area (TPSA) is 67.2 Å². The van der Waals surface area contributed by atoms with Gasteiger partial charge in [0.2, 0.25) is 0 Å². The highest BCUT2D eigenvalue weighted by Crippen LogP contribution is 2.42. The van der Waals surface area contributed by atoms with Crippen molar-refractivity contribution in [2.75, 3.05) is 23.9 Å². The van der Waals surface area contributed by atoms with Crippen molar-refractivity contribution in [1.29, 1.82) is 0 Å². The van der Waals surface area contributed by atoms with Crippen LogP contribution in [0.1, 0.15) is 43.3 Å². The van der Waals surface area contributed by atoms with Crippen LogP contribution in [0, 0.1) is 0 Å². The summed E-state index contributed by atoms with van der Waals surface area (Å²) in [6, 6.07) is 0.422. The van der Waals surface area contributed by atoms with E-state index in [1.54, 1.807) is 11.8 Å². The van der Waals surface area contributed by atoms with Crippen LogP contribution in [0.4, 0.5) is 10.7 Å². The van der Waals surface area contributed by atoms with Crippen molar-refractivity contribution in [1.82, 2.24) is 5.32 Å². The fraction of sp³-hybridized carbons (Fsp3) is 0.615. The van der Waals surface area contributed by atoms with Crippen LogP contribution < -0.4 is 16.4 Å². The maximum atomic E-state index is 12.0. The summed E-state index contributed by atoms with van der Waals surface area (Å²) >= 11 is 3.03. The third-order valence-electron chi connectivity index (χ3n) is 2.97. The lowest BCUT2D eigenvalue weighted by Crippen LogP contribution is -2.22. The average molecular weight is 301 g/mol. The van der Waals surface area contributed by atoms with Crippen LogP contribution in [0.3, 0.4) is 0 Å². The first-order chi connectivity index (χ1) is 9.08. The lowest BCUT2D eigenvalue weighted by molar-refractivity contribution is 0.0960. The number of nitrogens with two attached hydrogens (primary N) is 1. The Kier molecular flexibility index (Phi) is 6.51. The summed E-state index contributed by atoms with van der Waals surface area (Å²) in [6.45, 7) is 6.82. The van der Waals surface area contributed by atoms with Gasteiger partial charge in [-0.05, 0) is 26.0 Å². The highest BCUT2D eigenvalue weighted by atomic mass is 32.2. The van der Waals surface area contributed by atoms with Crippen LogP contribution in [-0.2, 0) is 0 Å². The van der Waals surface area contributed by atoms with Crippen molar-refractivity contribution in [3.05, 3.63) is 4.88 Å². The number of amides is 1. The summed E-state index contributed by atoms with van der Waals surface area (Å²) in [5.74, 6) is -0.0853. The molecule has 0 atom stereocenters. The van der Waals surface area contributed by atoms with Crippen molar-refractivity contribution in [2.24, 2.45) is 0 Å². The summed E-state index contributed by atoms with van der Waals surface area (Å²) < 4.78 is 0. The molecule has 4 nitrogen and oxygen atoms in total. The van der Waals surface area contributed by atoms with Crippen molar-refractivity contribution in [3.8, 4) is 0 Å². The molecule has 0 aliphatic carbocycles. The Labute approximate surface area is 123 Å². The number of hydrogen-bond acceptors (Lipinski definition) is 5. The van der Waals surface area contributed by atoms with Crippen LogP contribution in [-0.4, -0.2) is 24.7 Å². The molecule has 1 heterocycles. The van der Waals surface area contributed by atoms with E-state index in [-0.39, 0.29) is 5.91 Å². The van der Waals surface area contributed by atoms with E-state index in [2.05, 4.69) is 24.5 Å². The Hall–Kier alpha value is -0.880. The van der Waals surface area contributed by atoms with Gasteiger partial charge >= 0.3 is 0 Å². The molecule has 1 aromatic heterocycles. The maximum absolute atomic E-state index is 12.0. The van der Waals surface area contributed by atoms with Crippen LogP contribution in [0.2, 0.25) is 0 Å². The number of carbonyl (C=O) groups is 1. The molecule has 4 N–H and O–H groups in total. The lowest BCUT2D eigenvalue weighted by Gasteiger charge is -2.15. The van der Waals surface area contributed by atoms with E-state index in [1.165, 1.54) is 11.3 Å². The van der Waals surface area contributed by atoms with Crippen LogP contribution >= 0.6 is 23.1 Å². The number of thiophene rings is 1. The largest absolute Gasteiger partial charge is 0.396 e. The van der Waals surface area contributed by atoms with Gasteiger partial charge in [0.1, 0.15) is 9.88 Å². The molecule has 108 valence electrons. The second-order valence-electron chi connectivity index (χ2n) is 4.22. The van der Waals surface area contributed by atoms with E-state index in [9.17, 15) is 4.79 Å². The first kappa shape index (κ1) is 16.2. The molecule has 0 unspecified atom stereocenters. The van der Waals surface area contributed by atoms with Crippen molar-refractivity contribution in [2.45, 2.75) is 44.6 Å². The van der Waals surface area contributed by atoms with Crippen molar-refractivity contribution < 1.29 is 4.79 Å². The first-order valence-electron chi connectivity index (χ1n) is 6.59. The number of thioether (sulfide) groups is 1. The smallest absolute Gasteiger partial charge is 0.263 e. The van der Waals surface area contributed by atoms with Crippen LogP contribution in [0.25, 0.3) is 0 Å². The number of carbonyl (C=O) groups excluding carboxylic acids is 1. The standard InChI is InChI=1S/C13H23N3OS2/c1-5-8(6-2)16-13-11(18-4)9(14)10(19-13)12(17)15-7-3/h8,16H,5-7,14H2,1-4H3,(H,15,17). The van der Waals surface area contributed by atoms with Gasteiger partial charge in [0.15, 0.2) is 0 Å². The zero-order valence-electron chi connectivity index (χ0n) is 12.0. The van der Waals surface area contributed by atoms with Gasteiger partial charge in [0.05, 0.1) is 10.6 Å². The fourth-order valence-electron chi connectivity index (χ4n) is 1.81. The molecule has 0 aliphatic rings. The van der Waals surface area contributed by atoms with Gasteiger partial charge in [0.25, 0.3) is 5.91 Å². The summed E-state index contributed by atoms with van der Waals surface area (Å²) in [5, 5.41) is 7.31. The van der Waals surface area contributed by atoms with Gasteiger partial charge in [0, 0.05) is 12.6 Å². The molecule has 6 heteroatoms. The summed E-state index contributed by atoms with van der Waals surface area (Å²) in [6.07, 6.45) is 4.09. The van der Waals surface area contributed by atoms with E-state index < -0.39 is 0 Å². The molecule has 1 amide bonds. The number of nitrogens with one attached hydrogen (secondary N) is 2. The maximum Gasteiger partial charge on any atom is 0.263 e. The van der Waals surface area contributed by atoms with E-state index in [1.807, 2.05) is 13.2 Å². The van der Waals surface area contributed by atoms with Crippen molar-refractivity contribution in [3.63, 3.8) is 0 Å². The third kappa shape index (κ3) is 3.79. The number of nitrogen functional groups attached to an aromatic ring is 1. The third-order valence-corrected chi connectivity index (χ3v) is 5.07. The summed E-state index contributed by atoms with van der Waals surface area (Å²) in [5.41, 5.74) is 6.69. The molecule has 0 radical (unpaired) electrons. The monoisotopic (exact) mass is 301 g/mol. The zero-order valence-corrected chi connectivity index (χ0v) is 13.6. The molecule has 1 aromatic rings. The van der Waals surface area contributed by atoms with E-state index >= 15 is 0 Å². The van der Waals surface area contributed by atoms with E-state index in [0.29, 0.717) is 23.2 Å². The van der Waals surface area contributed by atoms with Gasteiger partial charge in [-0.3, -0.25) is 4.79 Å². The molecular weight excluding hydrogens is 278 g/mol. The van der Waals surface area contributed by atoms with E-state index in [0.717, 1.165) is 22.7 Å². The minimum atomic E-state index is -0.0853. The Morgan fingerprint density at radius 2 is 2.00 bits per heavy atom. The normalized spacial score (nSPS) is 10.8. The molecular formula is C13H23N3OS2. The zero-order chi connectivity index (χ0) is 14.4. The molecule has 0 aliphatic heterocycles. The van der Waals surface area contributed by atoms with Gasteiger partial charge < -0.3 is 16.4 Å². The van der Waals surface area contributed by atoms with Crippen LogP contribution in [0.5, 0.6) is 0 Å². The molecule has 0 saturated carbocycles. The number of anilines is 2. The Balaban J connectivity index is 3.04. The first-order valence-corrected chi connectivity index (χ1v) is 8.63. The second kappa shape index (κ2) is 7.65. The van der Waals surface area contributed by atoms with Gasteiger partial charge in [-0.2, -0.15) is 0 Å². The Bertz CT molecular complexity index is 428. The molecule has 1 rings (SSSR count). The minimum absolute atomic E-state index is 0.0853. The highest BCUT2D eigenvalue weighted by Gasteiger charge is 2.21. The molecule has 0 aromatic carbocycles. The van der Waals surface area contributed by atoms with Gasteiger partial charge in [-0.1, -0.05) is 13.8 Å². The lowest BCUT2D eigenvalue weighted by atomic mass is 10.2. The van der Waals surface area contributed by atoms with Crippen molar-refractivity contribution >= 4 is 39.7 Å². The average Bonchev–Trinajstić information content (AvgIpc) is 2.72. The molecule has 0 saturated heterocycles. The van der Waals surface area contributed by atoms with Gasteiger partial charge in [-0.15, -0.1) is 23.1 Å². The minimum Gasteiger partial charge on any atom is -0.396 e. The number of hydrogen-bond donors (Lipinski definition) is 3. The molecule has 0 fully saturated rings. The summed E-state index contributed by atoms with van der Waals surface area (Å²) in [4.78, 5) is 13.5. The SMILES string of the molecule is CCNC(=O)c1sc(NC(CC)CC)c(SC)c1N. The number of rotatable bonds is 7. The Morgan fingerprint density at radius 1 is 1.37 bits per heavy atom. The second-order valence-corrected chi connectivity index (χ2v) is 6.06. The molecule has 19 heavy (non-hydrogen) atoms. The predicted molar refractivity (Wildman–Crippen MR) is 86.5 cm³/mol. The van der Waals surface area contributed by atoms with E-state index in [4.69, 9.17) is 5.73 Å².